The Labute approximate surface area is 100 Å². The van der Waals surface area contributed by atoms with Crippen molar-refractivity contribution in [2.75, 3.05) is 5.75 Å². The average Bonchev–Trinajstić information content (AvgIpc) is 2.51. The Hall–Kier alpha value is -0.480. The molecule has 1 aromatic heterocycles. The third kappa shape index (κ3) is 4.71. The van der Waals surface area contributed by atoms with Gasteiger partial charge in [-0.05, 0) is 31.7 Å². The van der Waals surface area contributed by atoms with Gasteiger partial charge in [0, 0.05) is 28.6 Å². The Balaban J connectivity index is 2.35. The molecule has 0 saturated carbocycles. The van der Waals surface area contributed by atoms with Crippen LogP contribution in [-0.4, -0.2) is 17.7 Å². The van der Waals surface area contributed by atoms with Gasteiger partial charge in [-0.1, -0.05) is 0 Å². The van der Waals surface area contributed by atoms with E-state index in [0.29, 0.717) is 12.2 Å². The molecule has 0 spiro atoms. The van der Waals surface area contributed by atoms with E-state index in [1.54, 1.807) is 11.3 Å². The summed E-state index contributed by atoms with van der Waals surface area (Å²) in [5.74, 6) is 0.696. The Morgan fingerprint density at radius 2 is 2.33 bits per heavy atom. The second-order valence-corrected chi connectivity index (χ2v) is 5.48. The molecule has 0 aliphatic heterocycles. The van der Waals surface area contributed by atoms with E-state index in [-0.39, 0.29) is 11.9 Å². The Bertz CT molecular complexity index is 322. The molecule has 1 rings (SSSR count). The summed E-state index contributed by atoms with van der Waals surface area (Å²) in [6.45, 7) is 4.13. The number of aryl methyl sites for hydroxylation is 1. The molecule has 0 aliphatic carbocycles. The van der Waals surface area contributed by atoms with E-state index in [4.69, 9.17) is 0 Å². The summed E-state index contributed by atoms with van der Waals surface area (Å²) in [4.78, 5) is 13.9. The maximum Gasteiger partial charge on any atom is 0.221 e. The third-order valence-corrected chi connectivity index (χ3v) is 3.30. The normalized spacial score (nSPS) is 12.5. The van der Waals surface area contributed by atoms with Gasteiger partial charge in [-0.25, -0.2) is 0 Å². The van der Waals surface area contributed by atoms with Crippen molar-refractivity contribution in [1.29, 1.82) is 0 Å². The minimum Gasteiger partial charge on any atom is -0.353 e. The number of amides is 1. The molecule has 2 nitrogen and oxygen atoms in total. The van der Waals surface area contributed by atoms with Crippen LogP contribution in [0.3, 0.4) is 0 Å². The quantitative estimate of drug-likeness (QED) is 0.764. The van der Waals surface area contributed by atoms with Gasteiger partial charge < -0.3 is 5.32 Å². The number of thiophene rings is 1. The van der Waals surface area contributed by atoms with Crippen LogP contribution in [0.5, 0.6) is 0 Å². The minimum absolute atomic E-state index is 0.0887. The van der Waals surface area contributed by atoms with Gasteiger partial charge in [-0.3, -0.25) is 4.79 Å². The monoisotopic (exact) mass is 243 g/mol. The van der Waals surface area contributed by atoms with Gasteiger partial charge in [0.05, 0.1) is 0 Å². The number of rotatable bonds is 5. The number of nitrogens with one attached hydrogen (secondary N) is 1. The summed E-state index contributed by atoms with van der Waals surface area (Å²) in [5.41, 5.74) is 0. The number of carbonyl (C=O) groups excluding carboxylic acids is 1. The van der Waals surface area contributed by atoms with Crippen LogP contribution in [-0.2, 0) is 11.2 Å². The smallest absolute Gasteiger partial charge is 0.221 e. The van der Waals surface area contributed by atoms with Gasteiger partial charge >= 0.3 is 0 Å². The highest BCUT2D eigenvalue weighted by Gasteiger charge is 2.08. The van der Waals surface area contributed by atoms with E-state index in [9.17, 15) is 4.79 Å². The fraction of sp³-hybridized carbons (Fsp3) is 0.545. The molecule has 0 aromatic carbocycles. The molecule has 1 amide bonds. The maximum atomic E-state index is 11.3. The van der Waals surface area contributed by atoms with Gasteiger partial charge in [-0.15, -0.1) is 11.3 Å². The molecule has 1 aromatic rings. The lowest BCUT2D eigenvalue weighted by molar-refractivity contribution is -0.121. The van der Waals surface area contributed by atoms with Crippen molar-refractivity contribution in [3.63, 3.8) is 0 Å². The van der Waals surface area contributed by atoms with Crippen molar-refractivity contribution in [3.05, 3.63) is 21.9 Å². The lowest BCUT2D eigenvalue weighted by Crippen LogP contribution is -2.33. The molecule has 1 unspecified atom stereocenters. The van der Waals surface area contributed by atoms with E-state index in [0.717, 1.165) is 6.42 Å². The van der Waals surface area contributed by atoms with Gasteiger partial charge in [-0.2, -0.15) is 12.6 Å². The van der Waals surface area contributed by atoms with Crippen molar-refractivity contribution >= 4 is 29.9 Å². The highest BCUT2D eigenvalue weighted by atomic mass is 32.1. The number of carbonyl (C=O) groups is 1. The molecule has 84 valence electrons. The fourth-order valence-corrected chi connectivity index (χ4v) is 2.62. The first-order valence-corrected chi connectivity index (χ1v) is 6.52. The lowest BCUT2D eigenvalue weighted by Gasteiger charge is -2.12. The maximum absolute atomic E-state index is 11.3. The summed E-state index contributed by atoms with van der Waals surface area (Å²) in [6, 6.07) is 4.44. The van der Waals surface area contributed by atoms with Crippen molar-refractivity contribution in [1.82, 2.24) is 5.32 Å². The van der Waals surface area contributed by atoms with Crippen LogP contribution in [0, 0.1) is 6.92 Å². The standard InChI is InChI=1S/C11H17NOS2/c1-8(12-11(13)5-6-14)7-10-4-3-9(2)15-10/h3-4,8,14H,5-7H2,1-2H3,(H,12,13). The van der Waals surface area contributed by atoms with E-state index in [2.05, 4.69) is 37.0 Å². The Morgan fingerprint density at radius 3 is 2.87 bits per heavy atom. The number of thiol groups is 1. The molecule has 1 N–H and O–H groups in total. The van der Waals surface area contributed by atoms with Crippen molar-refractivity contribution in [2.45, 2.75) is 32.7 Å². The zero-order valence-electron chi connectivity index (χ0n) is 9.12. The highest BCUT2D eigenvalue weighted by molar-refractivity contribution is 7.80. The van der Waals surface area contributed by atoms with Gasteiger partial charge in [0.25, 0.3) is 0 Å². The SMILES string of the molecule is Cc1ccc(CC(C)NC(=O)CCS)s1. The van der Waals surface area contributed by atoms with E-state index < -0.39 is 0 Å². The van der Waals surface area contributed by atoms with Gasteiger partial charge in [0.2, 0.25) is 5.91 Å². The zero-order valence-corrected chi connectivity index (χ0v) is 10.8. The molecular formula is C11H17NOS2. The minimum atomic E-state index is 0.0887. The molecule has 1 atom stereocenters. The molecule has 0 aliphatic rings. The first-order chi connectivity index (χ1) is 7.11. The lowest BCUT2D eigenvalue weighted by atomic mass is 10.2. The second-order valence-electron chi connectivity index (χ2n) is 3.66. The molecule has 0 radical (unpaired) electrons. The predicted molar refractivity (Wildman–Crippen MR) is 68.8 cm³/mol. The Kier molecular flexibility index (Phi) is 5.19. The van der Waals surface area contributed by atoms with Crippen LogP contribution in [0.1, 0.15) is 23.1 Å². The molecule has 1 heterocycles. The average molecular weight is 243 g/mol. The summed E-state index contributed by atoms with van der Waals surface area (Å²) in [5, 5.41) is 2.96. The molecule has 4 heteroatoms. The molecule has 15 heavy (non-hydrogen) atoms. The van der Waals surface area contributed by atoms with Crippen molar-refractivity contribution < 1.29 is 4.79 Å². The molecular weight excluding hydrogens is 226 g/mol. The first-order valence-electron chi connectivity index (χ1n) is 5.07. The van der Waals surface area contributed by atoms with Crippen LogP contribution in [0.4, 0.5) is 0 Å². The summed E-state index contributed by atoms with van der Waals surface area (Å²) >= 11 is 5.82. The van der Waals surface area contributed by atoms with Crippen molar-refractivity contribution in [2.24, 2.45) is 0 Å². The van der Waals surface area contributed by atoms with E-state index in [1.807, 2.05) is 6.92 Å². The molecule has 0 saturated heterocycles. The van der Waals surface area contributed by atoms with Crippen LogP contribution in [0.15, 0.2) is 12.1 Å². The van der Waals surface area contributed by atoms with Gasteiger partial charge in [0.15, 0.2) is 0 Å². The van der Waals surface area contributed by atoms with Gasteiger partial charge in [0.1, 0.15) is 0 Å². The van der Waals surface area contributed by atoms with E-state index in [1.165, 1.54) is 9.75 Å². The summed E-state index contributed by atoms with van der Waals surface area (Å²) in [7, 11) is 0. The van der Waals surface area contributed by atoms with Crippen LogP contribution < -0.4 is 5.32 Å². The third-order valence-electron chi connectivity index (χ3n) is 2.05. The summed E-state index contributed by atoms with van der Waals surface area (Å²) in [6.07, 6.45) is 1.41. The number of hydrogen-bond donors (Lipinski definition) is 2. The molecule has 0 fully saturated rings. The second kappa shape index (κ2) is 6.18. The topological polar surface area (TPSA) is 29.1 Å². The van der Waals surface area contributed by atoms with Crippen molar-refractivity contribution in [3.8, 4) is 0 Å². The van der Waals surface area contributed by atoms with Crippen LogP contribution in [0.2, 0.25) is 0 Å². The fourth-order valence-electron chi connectivity index (χ4n) is 1.40. The van der Waals surface area contributed by atoms with E-state index >= 15 is 0 Å². The largest absolute Gasteiger partial charge is 0.353 e. The number of hydrogen-bond acceptors (Lipinski definition) is 3. The summed E-state index contributed by atoms with van der Waals surface area (Å²) < 4.78 is 0. The first kappa shape index (κ1) is 12.6. The van der Waals surface area contributed by atoms with Crippen LogP contribution >= 0.6 is 24.0 Å². The predicted octanol–water partition coefficient (Wildman–Crippen LogP) is 2.42. The van der Waals surface area contributed by atoms with Crippen LogP contribution in [0.25, 0.3) is 0 Å². The molecule has 0 bridgehead atoms. The zero-order chi connectivity index (χ0) is 11.3. The Morgan fingerprint density at radius 1 is 1.60 bits per heavy atom. The highest BCUT2D eigenvalue weighted by Crippen LogP contribution is 2.16.